The lowest BCUT2D eigenvalue weighted by atomic mass is 10.2. The van der Waals surface area contributed by atoms with Crippen LogP contribution in [0.15, 0.2) is 0 Å². The third-order valence-corrected chi connectivity index (χ3v) is 6.67. The topological polar surface area (TPSA) is 302 Å². The first-order chi connectivity index (χ1) is 28.5. The molecule has 0 rings (SSSR count). The lowest BCUT2D eigenvalue weighted by molar-refractivity contribution is -0.149. The number of aliphatic hydroxyl groups excluding tert-OH is 4. The SMILES string of the molecule is CC(=O)OCC(C)COC(=O)OCC(C)O.CC(O)COC(=O)OC(C)COC(=O)CCCCC(=O)OCC(C)OC(=O)OCC(C)O.CC(O)COC(=O)OCC(C)CCl. The zero-order valence-electron chi connectivity index (χ0n) is 36.5. The number of ether oxygens (including phenoxy) is 11. The molecule has 0 amide bonds. The van der Waals surface area contributed by atoms with Gasteiger partial charge in [0.15, 0.2) is 0 Å². The van der Waals surface area contributed by atoms with Crippen molar-refractivity contribution in [3.63, 3.8) is 0 Å². The molecule has 0 saturated carbocycles. The second-order valence-electron chi connectivity index (χ2n) is 13.9. The summed E-state index contributed by atoms with van der Waals surface area (Å²) in [5, 5.41) is 35.6. The maximum atomic E-state index is 11.7. The standard InChI is InChI=1S/C20H34O12.C10H18O6.C8H15ClO4/c1-13(21)9-29-19(25)31-15(3)11-27-17(23)7-5-6-8-18(24)28-12-16(4)32-20(26)30-10-14(2)22;1-7(4-14-9(3)12)5-15-10(13)16-6-8(2)11;1-6(3-9)4-12-8(11)13-5-7(2)10/h13-16,21-22H,5-12H2,1-4H3;7-8,11H,4-6H2,1-3H3;6-7,10H,3-5H2,1-2H3. The molecule has 0 aliphatic rings. The van der Waals surface area contributed by atoms with Crippen molar-refractivity contribution < 1.29 is 106 Å². The molecule has 0 aromatic heterocycles. The number of rotatable bonds is 26. The van der Waals surface area contributed by atoms with Crippen molar-refractivity contribution in [1.82, 2.24) is 0 Å². The quantitative estimate of drug-likeness (QED) is 0.0417. The number of esters is 3. The molecule has 0 spiro atoms. The molecule has 0 radical (unpaired) electrons. The average molecular weight is 911 g/mol. The van der Waals surface area contributed by atoms with Crippen LogP contribution in [0.5, 0.6) is 0 Å². The smallest absolute Gasteiger partial charge is 0.465 e. The number of carbonyl (C=O) groups excluding carboxylic acids is 7. The Kier molecular flexibility index (Phi) is 38.5. The molecule has 8 unspecified atom stereocenters. The Bertz CT molecular complexity index is 1160. The Balaban J connectivity index is -0.000000958. The molecule has 0 aromatic rings. The van der Waals surface area contributed by atoms with Crippen LogP contribution >= 0.6 is 11.6 Å². The molecule has 8 atom stereocenters. The van der Waals surface area contributed by atoms with Crippen LogP contribution in [0.4, 0.5) is 19.2 Å². The first kappa shape index (κ1) is 60.9. The lowest BCUT2D eigenvalue weighted by Gasteiger charge is -2.14. The van der Waals surface area contributed by atoms with E-state index in [1.54, 1.807) is 6.92 Å². The molecule has 0 heterocycles. The third kappa shape index (κ3) is 48.2. The molecule has 61 heavy (non-hydrogen) atoms. The van der Waals surface area contributed by atoms with Crippen LogP contribution in [0, 0.1) is 11.8 Å². The summed E-state index contributed by atoms with van der Waals surface area (Å²) in [6, 6.07) is 0. The molecule has 0 aromatic carbocycles. The minimum Gasteiger partial charge on any atom is -0.465 e. The summed E-state index contributed by atoms with van der Waals surface area (Å²) in [7, 11) is 0. The van der Waals surface area contributed by atoms with E-state index < -0.39 is 73.2 Å². The van der Waals surface area contributed by atoms with E-state index in [2.05, 4.69) is 23.7 Å². The van der Waals surface area contributed by atoms with Gasteiger partial charge in [-0.1, -0.05) is 13.8 Å². The second-order valence-corrected chi connectivity index (χ2v) is 14.2. The summed E-state index contributed by atoms with van der Waals surface area (Å²) in [4.78, 5) is 78.1. The Morgan fingerprint density at radius 2 is 0.705 bits per heavy atom. The minimum atomic E-state index is -0.968. The number of hydrogen-bond donors (Lipinski definition) is 4. The highest BCUT2D eigenvalue weighted by molar-refractivity contribution is 6.18. The summed E-state index contributed by atoms with van der Waals surface area (Å²) < 4.78 is 52.1. The van der Waals surface area contributed by atoms with Gasteiger partial charge < -0.3 is 72.5 Å². The minimum absolute atomic E-state index is 0.0475. The Morgan fingerprint density at radius 3 is 1.02 bits per heavy atom. The van der Waals surface area contributed by atoms with Crippen LogP contribution in [0.25, 0.3) is 0 Å². The monoisotopic (exact) mass is 910 g/mol. The number of alkyl halides is 1. The van der Waals surface area contributed by atoms with Gasteiger partial charge in [-0.15, -0.1) is 11.6 Å². The summed E-state index contributed by atoms with van der Waals surface area (Å²) in [5.41, 5.74) is 0. The summed E-state index contributed by atoms with van der Waals surface area (Å²) in [5.74, 6) is -0.941. The van der Waals surface area contributed by atoms with Crippen molar-refractivity contribution in [3.8, 4) is 0 Å². The highest BCUT2D eigenvalue weighted by Crippen LogP contribution is 2.06. The van der Waals surface area contributed by atoms with Gasteiger partial charge in [-0.2, -0.15) is 0 Å². The fraction of sp³-hybridized carbons (Fsp3) is 0.816. The van der Waals surface area contributed by atoms with E-state index in [0.29, 0.717) is 18.7 Å². The Labute approximate surface area is 361 Å². The van der Waals surface area contributed by atoms with Gasteiger partial charge in [0.2, 0.25) is 0 Å². The second kappa shape index (κ2) is 38.5. The van der Waals surface area contributed by atoms with Crippen molar-refractivity contribution in [2.24, 2.45) is 11.8 Å². The van der Waals surface area contributed by atoms with E-state index >= 15 is 0 Å². The predicted molar refractivity (Wildman–Crippen MR) is 211 cm³/mol. The maximum Gasteiger partial charge on any atom is 0.508 e. The van der Waals surface area contributed by atoms with E-state index in [1.807, 2.05) is 6.92 Å². The Morgan fingerprint density at radius 1 is 0.410 bits per heavy atom. The normalized spacial score (nSPS) is 14.3. The first-order valence-corrected chi connectivity index (χ1v) is 20.0. The predicted octanol–water partition coefficient (Wildman–Crippen LogP) is 3.59. The molecule has 4 N–H and O–H groups in total. The highest BCUT2D eigenvalue weighted by Gasteiger charge is 2.17. The van der Waals surface area contributed by atoms with E-state index in [9.17, 15) is 33.6 Å². The van der Waals surface area contributed by atoms with Gasteiger partial charge in [-0.25, -0.2) is 19.2 Å². The van der Waals surface area contributed by atoms with Crippen molar-refractivity contribution >= 4 is 54.1 Å². The number of carbonyl (C=O) groups is 7. The lowest BCUT2D eigenvalue weighted by Crippen LogP contribution is -2.25. The van der Waals surface area contributed by atoms with Crippen LogP contribution in [-0.4, -0.2) is 165 Å². The van der Waals surface area contributed by atoms with E-state index in [-0.39, 0.29) is 90.1 Å². The molecule has 0 aliphatic carbocycles. The first-order valence-electron chi connectivity index (χ1n) is 19.5. The number of unbranched alkanes of at least 4 members (excludes halogenated alkanes) is 1. The van der Waals surface area contributed by atoms with Crippen LogP contribution in [0.1, 0.15) is 88.0 Å². The fourth-order valence-corrected chi connectivity index (χ4v) is 3.27. The number of hydrogen-bond acceptors (Lipinski definition) is 22. The number of halogens is 1. The van der Waals surface area contributed by atoms with Crippen LogP contribution in [0.2, 0.25) is 0 Å². The van der Waals surface area contributed by atoms with Crippen molar-refractivity contribution in [1.29, 1.82) is 0 Å². The van der Waals surface area contributed by atoms with Crippen LogP contribution in [-0.2, 0) is 66.5 Å². The molecule has 22 nitrogen and oxygen atoms in total. The van der Waals surface area contributed by atoms with Crippen LogP contribution < -0.4 is 0 Å². The molecular formula is C38H67ClO22. The molecule has 358 valence electrons. The number of aliphatic hydroxyl groups is 4. The van der Waals surface area contributed by atoms with E-state index in [0.717, 1.165) is 0 Å². The molecule has 0 fully saturated rings. The zero-order valence-corrected chi connectivity index (χ0v) is 37.3. The molecule has 23 heteroatoms. The van der Waals surface area contributed by atoms with E-state index in [4.69, 9.17) is 60.4 Å². The maximum absolute atomic E-state index is 11.7. The third-order valence-electron chi connectivity index (χ3n) is 6.14. The molecular weight excluding hydrogens is 844 g/mol. The van der Waals surface area contributed by atoms with E-state index in [1.165, 1.54) is 48.5 Å². The molecule has 0 saturated heterocycles. The van der Waals surface area contributed by atoms with Gasteiger partial charge in [0, 0.05) is 37.5 Å². The summed E-state index contributed by atoms with van der Waals surface area (Å²) in [6.45, 7) is 13.6. The highest BCUT2D eigenvalue weighted by atomic mass is 35.5. The largest absolute Gasteiger partial charge is 0.508 e. The fourth-order valence-electron chi connectivity index (χ4n) is 3.18. The van der Waals surface area contributed by atoms with Crippen molar-refractivity contribution in [2.75, 3.05) is 65.3 Å². The molecule has 0 aliphatic heterocycles. The van der Waals surface area contributed by atoms with Gasteiger partial charge in [-0.3, -0.25) is 14.4 Å². The average Bonchev–Trinajstić information content (AvgIpc) is 3.18. The van der Waals surface area contributed by atoms with Crippen molar-refractivity contribution in [2.45, 2.75) is 125 Å². The summed E-state index contributed by atoms with van der Waals surface area (Å²) >= 11 is 5.49. The van der Waals surface area contributed by atoms with Gasteiger partial charge in [0.25, 0.3) is 0 Å². The van der Waals surface area contributed by atoms with Gasteiger partial charge in [0.05, 0.1) is 37.6 Å². The van der Waals surface area contributed by atoms with Gasteiger partial charge in [-0.05, 0) is 54.4 Å². The van der Waals surface area contributed by atoms with Crippen molar-refractivity contribution in [3.05, 3.63) is 0 Å². The van der Waals surface area contributed by atoms with Gasteiger partial charge >= 0.3 is 42.5 Å². The molecule has 0 bridgehead atoms. The summed E-state index contributed by atoms with van der Waals surface area (Å²) in [6.07, 6.45) is -7.07. The Hall–Kier alpha value is -4.38. The van der Waals surface area contributed by atoms with Gasteiger partial charge in [0.1, 0.15) is 58.5 Å². The zero-order chi connectivity index (χ0) is 47.3. The van der Waals surface area contributed by atoms with Crippen LogP contribution in [0.3, 0.4) is 0 Å².